The van der Waals surface area contributed by atoms with E-state index in [-0.39, 0.29) is 12.2 Å². The monoisotopic (exact) mass is 314 g/mol. The van der Waals surface area contributed by atoms with Gasteiger partial charge in [0.25, 0.3) is 0 Å². The van der Waals surface area contributed by atoms with E-state index < -0.39 is 0 Å². The minimum Gasteiger partial charge on any atom is -0.294 e. The van der Waals surface area contributed by atoms with Crippen molar-refractivity contribution >= 4 is 39.8 Å². The lowest BCUT2D eigenvalue weighted by Crippen LogP contribution is -2.05. The van der Waals surface area contributed by atoms with Crippen LogP contribution in [0.1, 0.15) is 15.9 Å². The van der Waals surface area contributed by atoms with Crippen LogP contribution in [0.5, 0.6) is 0 Å². The molecule has 0 bridgehead atoms. The number of halogens is 2. The number of rotatable bonds is 3. The Bertz CT molecular complexity index is 819. The first kappa shape index (κ1) is 14.1. The van der Waals surface area contributed by atoms with E-state index in [1.165, 1.54) is 0 Å². The van der Waals surface area contributed by atoms with Crippen LogP contribution in [0, 0.1) is 0 Å². The number of hydrogen-bond acceptors (Lipinski definition) is 1. The first-order chi connectivity index (χ1) is 10.2. The van der Waals surface area contributed by atoms with Crippen LogP contribution in [-0.4, -0.2) is 5.78 Å². The minimum absolute atomic E-state index is 0.0379. The van der Waals surface area contributed by atoms with E-state index in [0.29, 0.717) is 15.6 Å². The van der Waals surface area contributed by atoms with Crippen molar-refractivity contribution in [1.29, 1.82) is 0 Å². The van der Waals surface area contributed by atoms with E-state index in [0.717, 1.165) is 16.3 Å². The zero-order valence-corrected chi connectivity index (χ0v) is 12.7. The molecule has 0 spiro atoms. The average Bonchev–Trinajstić information content (AvgIpc) is 2.51. The van der Waals surface area contributed by atoms with Crippen LogP contribution >= 0.6 is 23.2 Å². The molecule has 0 aliphatic rings. The molecule has 0 saturated carbocycles. The van der Waals surface area contributed by atoms with Crippen LogP contribution in [0.15, 0.2) is 60.7 Å². The fraction of sp³-hybridized carbons (Fsp3) is 0.0556. The summed E-state index contributed by atoms with van der Waals surface area (Å²) in [6.07, 6.45) is 0.243. The number of ketones is 1. The van der Waals surface area contributed by atoms with Crippen molar-refractivity contribution in [2.45, 2.75) is 6.42 Å². The van der Waals surface area contributed by atoms with Gasteiger partial charge >= 0.3 is 0 Å². The zero-order chi connectivity index (χ0) is 14.8. The van der Waals surface area contributed by atoms with Gasteiger partial charge in [-0.2, -0.15) is 0 Å². The van der Waals surface area contributed by atoms with Gasteiger partial charge in [0.05, 0.1) is 10.0 Å². The smallest absolute Gasteiger partial charge is 0.167 e. The third-order valence-corrected chi connectivity index (χ3v) is 4.33. The van der Waals surface area contributed by atoms with Gasteiger partial charge in [-0.1, -0.05) is 77.8 Å². The Balaban J connectivity index is 2.00. The summed E-state index contributed by atoms with van der Waals surface area (Å²) in [6, 6.07) is 19.0. The first-order valence-electron chi connectivity index (χ1n) is 6.60. The molecular formula is C18H12Cl2O. The summed E-state index contributed by atoms with van der Waals surface area (Å²) in [7, 11) is 0. The third-order valence-electron chi connectivity index (χ3n) is 3.47. The molecule has 0 radical (unpaired) electrons. The predicted molar refractivity (Wildman–Crippen MR) is 88.4 cm³/mol. The largest absolute Gasteiger partial charge is 0.294 e. The average molecular weight is 315 g/mol. The summed E-state index contributed by atoms with van der Waals surface area (Å²) in [4.78, 5) is 12.6. The highest BCUT2D eigenvalue weighted by atomic mass is 35.5. The van der Waals surface area contributed by atoms with Crippen molar-refractivity contribution in [2.75, 3.05) is 0 Å². The van der Waals surface area contributed by atoms with Crippen LogP contribution in [0.25, 0.3) is 10.8 Å². The van der Waals surface area contributed by atoms with Gasteiger partial charge in [-0.25, -0.2) is 0 Å². The van der Waals surface area contributed by atoms with Gasteiger partial charge in [-0.15, -0.1) is 0 Å². The van der Waals surface area contributed by atoms with Crippen LogP contribution in [0.3, 0.4) is 0 Å². The number of carbonyl (C=O) groups is 1. The Labute approximate surface area is 133 Å². The molecule has 0 atom stereocenters. The van der Waals surface area contributed by atoms with Crippen molar-refractivity contribution < 1.29 is 4.79 Å². The second-order valence-electron chi connectivity index (χ2n) is 4.84. The van der Waals surface area contributed by atoms with Gasteiger partial charge in [0.2, 0.25) is 0 Å². The molecule has 3 heteroatoms. The molecule has 0 fully saturated rings. The van der Waals surface area contributed by atoms with Gasteiger partial charge in [0.1, 0.15) is 0 Å². The van der Waals surface area contributed by atoms with Gasteiger partial charge in [-0.05, 0) is 22.4 Å². The molecule has 21 heavy (non-hydrogen) atoms. The lowest BCUT2D eigenvalue weighted by molar-refractivity contribution is 0.0994. The fourth-order valence-corrected chi connectivity index (χ4v) is 2.81. The highest BCUT2D eigenvalue weighted by Crippen LogP contribution is 2.27. The second-order valence-corrected chi connectivity index (χ2v) is 5.62. The maximum atomic E-state index is 12.6. The SMILES string of the molecule is O=C(Cc1cccc(Cl)c1Cl)c1cccc2ccccc12. The predicted octanol–water partition coefficient (Wildman–Crippen LogP) is 5.57. The van der Waals surface area contributed by atoms with Gasteiger partial charge < -0.3 is 0 Å². The van der Waals surface area contributed by atoms with Crippen LogP contribution in [0.2, 0.25) is 10.0 Å². The van der Waals surface area contributed by atoms with Crippen molar-refractivity contribution in [1.82, 2.24) is 0 Å². The normalized spacial score (nSPS) is 10.8. The zero-order valence-electron chi connectivity index (χ0n) is 11.1. The molecule has 0 amide bonds. The Kier molecular flexibility index (Phi) is 3.96. The molecule has 1 nitrogen and oxygen atoms in total. The molecule has 0 saturated heterocycles. The Morgan fingerprint density at radius 2 is 1.57 bits per heavy atom. The van der Waals surface area contributed by atoms with Crippen molar-refractivity contribution in [2.24, 2.45) is 0 Å². The summed E-state index contributed by atoms with van der Waals surface area (Å²) in [6.45, 7) is 0. The lowest BCUT2D eigenvalue weighted by atomic mass is 9.97. The highest BCUT2D eigenvalue weighted by Gasteiger charge is 2.13. The number of hydrogen-bond donors (Lipinski definition) is 0. The highest BCUT2D eigenvalue weighted by molar-refractivity contribution is 6.42. The third kappa shape index (κ3) is 2.80. The van der Waals surface area contributed by atoms with Crippen molar-refractivity contribution in [3.63, 3.8) is 0 Å². The molecule has 0 aliphatic carbocycles. The van der Waals surface area contributed by atoms with Crippen LogP contribution in [0.4, 0.5) is 0 Å². The number of fused-ring (bicyclic) bond motifs is 1. The number of benzene rings is 3. The summed E-state index contributed by atoms with van der Waals surface area (Å²) < 4.78 is 0. The van der Waals surface area contributed by atoms with E-state index in [9.17, 15) is 4.79 Å². The fourth-order valence-electron chi connectivity index (χ4n) is 2.42. The topological polar surface area (TPSA) is 17.1 Å². The van der Waals surface area contributed by atoms with E-state index in [1.807, 2.05) is 48.5 Å². The van der Waals surface area contributed by atoms with E-state index >= 15 is 0 Å². The van der Waals surface area contributed by atoms with E-state index in [2.05, 4.69) is 0 Å². The maximum Gasteiger partial charge on any atom is 0.167 e. The molecule has 0 unspecified atom stereocenters. The Morgan fingerprint density at radius 3 is 2.43 bits per heavy atom. The van der Waals surface area contributed by atoms with Crippen LogP contribution in [-0.2, 0) is 6.42 Å². The van der Waals surface area contributed by atoms with Gasteiger partial charge in [0, 0.05) is 12.0 Å². The summed E-state index contributed by atoms with van der Waals surface area (Å²) in [5.41, 5.74) is 1.46. The molecule has 104 valence electrons. The molecule has 3 rings (SSSR count). The Morgan fingerprint density at radius 1 is 0.857 bits per heavy atom. The minimum atomic E-state index is 0.0379. The molecule has 0 N–H and O–H groups in total. The quantitative estimate of drug-likeness (QED) is 0.577. The lowest BCUT2D eigenvalue weighted by Gasteiger charge is -2.08. The second kappa shape index (κ2) is 5.88. The van der Waals surface area contributed by atoms with Crippen molar-refractivity contribution in [3.05, 3.63) is 81.8 Å². The van der Waals surface area contributed by atoms with Gasteiger partial charge in [0.15, 0.2) is 5.78 Å². The molecule has 0 aliphatic heterocycles. The molecular weight excluding hydrogens is 303 g/mol. The standard InChI is InChI=1S/C18H12Cl2O/c19-16-10-4-7-13(18(16)20)11-17(21)15-9-3-6-12-5-1-2-8-14(12)15/h1-10H,11H2. The number of Topliss-reactive ketones (excluding diaryl/α,β-unsaturated/α-hetero) is 1. The molecule has 0 heterocycles. The Hall–Kier alpha value is -1.83. The summed E-state index contributed by atoms with van der Waals surface area (Å²) in [5, 5.41) is 2.94. The summed E-state index contributed by atoms with van der Waals surface area (Å²) in [5.74, 6) is 0.0379. The van der Waals surface area contributed by atoms with Gasteiger partial charge in [-0.3, -0.25) is 4.79 Å². The number of carbonyl (C=O) groups excluding carboxylic acids is 1. The van der Waals surface area contributed by atoms with Crippen molar-refractivity contribution in [3.8, 4) is 0 Å². The van der Waals surface area contributed by atoms with E-state index in [4.69, 9.17) is 23.2 Å². The molecule has 3 aromatic rings. The maximum absolute atomic E-state index is 12.6. The van der Waals surface area contributed by atoms with Crippen LogP contribution < -0.4 is 0 Å². The molecule has 0 aromatic heterocycles. The summed E-state index contributed by atoms with van der Waals surface area (Å²) >= 11 is 12.2. The first-order valence-corrected chi connectivity index (χ1v) is 7.36. The van der Waals surface area contributed by atoms with E-state index in [1.54, 1.807) is 12.1 Å². The molecule has 3 aromatic carbocycles.